The number of aromatic amines is 1. The van der Waals surface area contributed by atoms with Gasteiger partial charge in [0.2, 0.25) is 5.95 Å². The van der Waals surface area contributed by atoms with Gasteiger partial charge in [0.1, 0.15) is 5.75 Å². The maximum Gasteiger partial charge on any atom is 0.260 e. The normalized spacial score (nSPS) is 12.3. The summed E-state index contributed by atoms with van der Waals surface area (Å²) in [6.45, 7) is 0.578. The van der Waals surface area contributed by atoms with Crippen molar-refractivity contribution in [1.29, 1.82) is 0 Å². The van der Waals surface area contributed by atoms with Gasteiger partial charge in [-0.2, -0.15) is 0 Å². The standard InChI is InChI=1S/C19H22N4O2/c1-23(2)16(14-9-5-7-11-17(14)25-3)12-20-19-21-15-10-6-4-8-13(15)18(24)22-19/h4-11,16H,12H2,1-3H3,(H2,20,21,22,24). The lowest BCUT2D eigenvalue weighted by Crippen LogP contribution is -2.28. The Morgan fingerprint density at radius 2 is 1.88 bits per heavy atom. The van der Waals surface area contributed by atoms with E-state index >= 15 is 0 Å². The summed E-state index contributed by atoms with van der Waals surface area (Å²) >= 11 is 0. The molecule has 6 nitrogen and oxygen atoms in total. The van der Waals surface area contributed by atoms with Gasteiger partial charge in [-0.3, -0.25) is 9.78 Å². The van der Waals surface area contributed by atoms with Crippen LogP contribution in [0.4, 0.5) is 5.95 Å². The zero-order chi connectivity index (χ0) is 17.8. The van der Waals surface area contributed by atoms with Crippen molar-refractivity contribution < 1.29 is 4.74 Å². The Hall–Kier alpha value is -2.86. The molecule has 6 heteroatoms. The molecule has 3 rings (SSSR count). The van der Waals surface area contributed by atoms with Gasteiger partial charge in [-0.1, -0.05) is 30.3 Å². The van der Waals surface area contributed by atoms with Crippen molar-refractivity contribution in [2.75, 3.05) is 33.1 Å². The van der Waals surface area contributed by atoms with Gasteiger partial charge in [-0.15, -0.1) is 0 Å². The molecule has 1 heterocycles. The molecule has 1 unspecified atom stereocenters. The van der Waals surface area contributed by atoms with Crippen LogP contribution >= 0.6 is 0 Å². The summed E-state index contributed by atoms with van der Waals surface area (Å²) in [5, 5.41) is 3.83. The predicted octanol–water partition coefficient (Wildman–Crippen LogP) is 2.65. The van der Waals surface area contributed by atoms with E-state index in [4.69, 9.17) is 4.74 Å². The molecule has 0 fully saturated rings. The summed E-state index contributed by atoms with van der Waals surface area (Å²) in [5.74, 6) is 1.30. The van der Waals surface area contributed by atoms with Crippen molar-refractivity contribution in [2.45, 2.75) is 6.04 Å². The zero-order valence-electron chi connectivity index (χ0n) is 14.6. The number of fused-ring (bicyclic) bond motifs is 1. The van der Waals surface area contributed by atoms with Crippen LogP contribution in [0.15, 0.2) is 53.3 Å². The van der Waals surface area contributed by atoms with Crippen LogP contribution in [0.5, 0.6) is 5.75 Å². The number of anilines is 1. The third-order valence-corrected chi connectivity index (χ3v) is 4.20. The lowest BCUT2D eigenvalue weighted by Gasteiger charge is -2.26. The molecule has 1 aromatic heterocycles. The van der Waals surface area contributed by atoms with Gasteiger partial charge < -0.3 is 15.0 Å². The number of para-hydroxylation sites is 2. The zero-order valence-corrected chi connectivity index (χ0v) is 14.6. The molecule has 0 saturated heterocycles. The average Bonchev–Trinajstić information content (AvgIpc) is 2.62. The highest BCUT2D eigenvalue weighted by Gasteiger charge is 2.18. The van der Waals surface area contributed by atoms with Crippen LogP contribution in [-0.2, 0) is 0 Å². The van der Waals surface area contributed by atoms with E-state index in [0.717, 1.165) is 11.3 Å². The molecule has 0 aliphatic heterocycles. The van der Waals surface area contributed by atoms with E-state index in [-0.39, 0.29) is 11.6 Å². The highest BCUT2D eigenvalue weighted by atomic mass is 16.5. The Morgan fingerprint density at radius 1 is 1.16 bits per heavy atom. The van der Waals surface area contributed by atoms with E-state index in [0.29, 0.717) is 23.4 Å². The van der Waals surface area contributed by atoms with Gasteiger partial charge in [0, 0.05) is 12.1 Å². The molecule has 0 spiro atoms. The number of nitrogens with one attached hydrogen (secondary N) is 2. The fourth-order valence-corrected chi connectivity index (χ4v) is 2.88. The van der Waals surface area contributed by atoms with E-state index in [1.807, 2.05) is 56.6 Å². The maximum absolute atomic E-state index is 12.2. The van der Waals surface area contributed by atoms with E-state index in [1.165, 1.54) is 0 Å². The monoisotopic (exact) mass is 338 g/mol. The number of hydrogen-bond donors (Lipinski definition) is 2. The van der Waals surface area contributed by atoms with E-state index in [1.54, 1.807) is 13.2 Å². The summed E-state index contributed by atoms with van der Waals surface area (Å²) < 4.78 is 5.48. The summed E-state index contributed by atoms with van der Waals surface area (Å²) in [5.41, 5.74) is 1.60. The van der Waals surface area contributed by atoms with Crippen LogP contribution in [0.3, 0.4) is 0 Å². The molecule has 1 atom stereocenters. The number of ether oxygens (including phenoxy) is 1. The smallest absolute Gasteiger partial charge is 0.260 e. The van der Waals surface area contributed by atoms with Gasteiger partial charge in [-0.05, 0) is 32.3 Å². The predicted molar refractivity (Wildman–Crippen MR) is 100 cm³/mol. The number of nitrogens with zero attached hydrogens (tertiary/aromatic N) is 2. The molecule has 0 aliphatic carbocycles. The molecule has 0 bridgehead atoms. The molecular weight excluding hydrogens is 316 g/mol. The Kier molecular flexibility index (Phi) is 5.00. The Morgan fingerprint density at radius 3 is 2.64 bits per heavy atom. The number of benzene rings is 2. The molecule has 2 aromatic carbocycles. The minimum absolute atomic E-state index is 0.0629. The average molecular weight is 338 g/mol. The fraction of sp³-hybridized carbons (Fsp3) is 0.263. The number of methoxy groups -OCH3 is 1. The second-order valence-corrected chi connectivity index (χ2v) is 6.03. The molecule has 3 aromatic rings. The number of hydrogen-bond acceptors (Lipinski definition) is 5. The van der Waals surface area contributed by atoms with Gasteiger partial charge in [-0.25, -0.2) is 4.98 Å². The summed E-state index contributed by atoms with van der Waals surface area (Å²) in [6.07, 6.45) is 0. The molecule has 0 amide bonds. The molecule has 2 N–H and O–H groups in total. The molecule has 25 heavy (non-hydrogen) atoms. The molecular formula is C19H22N4O2. The molecule has 0 aliphatic rings. The Balaban J connectivity index is 1.86. The highest BCUT2D eigenvalue weighted by molar-refractivity contribution is 5.78. The van der Waals surface area contributed by atoms with Crippen molar-refractivity contribution in [2.24, 2.45) is 0 Å². The summed E-state index contributed by atoms with van der Waals surface area (Å²) in [6, 6.07) is 15.3. The van der Waals surface area contributed by atoms with Crippen molar-refractivity contribution in [3.05, 3.63) is 64.4 Å². The third-order valence-electron chi connectivity index (χ3n) is 4.20. The minimum Gasteiger partial charge on any atom is -0.496 e. The third kappa shape index (κ3) is 3.64. The van der Waals surface area contributed by atoms with Crippen LogP contribution in [0, 0.1) is 0 Å². The second-order valence-electron chi connectivity index (χ2n) is 6.03. The summed E-state index contributed by atoms with van der Waals surface area (Å²) in [4.78, 5) is 21.6. The first kappa shape index (κ1) is 17.0. The van der Waals surface area contributed by atoms with Gasteiger partial charge >= 0.3 is 0 Å². The van der Waals surface area contributed by atoms with E-state index in [9.17, 15) is 4.79 Å². The van der Waals surface area contributed by atoms with Crippen LogP contribution in [0.25, 0.3) is 10.9 Å². The molecule has 130 valence electrons. The van der Waals surface area contributed by atoms with Crippen molar-refractivity contribution in [1.82, 2.24) is 14.9 Å². The maximum atomic E-state index is 12.2. The van der Waals surface area contributed by atoms with Gasteiger partial charge in [0.25, 0.3) is 5.56 Å². The SMILES string of the molecule is COc1ccccc1C(CNc1nc2ccccc2c(=O)[nH]1)N(C)C. The van der Waals surface area contributed by atoms with Crippen LogP contribution in [0.1, 0.15) is 11.6 Å². The largest absolute Gasteiger partial charge is 0.496 e. The molecule has 0 radical (unpaired) electrons. The number of H-pyrrole nitrogens is 1. The lowest BCUT2D eigenvalue weighted by atomic mass is 10.0. The number of likely N-dealkylation sites (N-methyl/N-ethyl adjacent to an activating group) is 1. The minimum atomic E-state index is -0.146. The van der Waals surface area contributed by atoms with Crippen molar-refractivity contribution in [3.63, 3.8) is 0 Å². The van der Waals surface area contributed by atoms with Crippen LogP contribution < -0.4 is 15.6 Å². The van der Waals surface area contributed by atoms with Gasteiger partial charge in [0.15, 0.2) is 0 Å². The van der Waals surface area contributed by atoms with Gasteiger partial charge in [0.05, 0.1) is 24.1 Å². The van der Waals surface area contributed by atoms with E-state index < -0.39 is 0 Å². The van der Waals surface area contributed by atoms with Crippen molar-refractivity contribution >= 4 is 16.9 Å². The second kappa shape index (κ2) is 7.36. The number of rotatable bonds is 6. The fourth-order valence-electron chi connectivity index (χ4n) is 2.88. The Labute approximate surface area is 146 Å². The lowest BCUT2D eigenvalue weighted by molar-refractivity contribution is 0.299. The first-order chi connectivity index (χ1) is 12.1. The first-order valence-electron chi connectivity index (χ1n) is 8.12. The highest BCUT2D eigenvalue weighted by Crippen LogP contribution is 2.27. The van der Waals surface area contributed by atoms with Crippen LogP contribution in [0.2, 0.25) is 0 Å². The van der Waals surface area contributed by atoms with Crippen molar-refractivity contribution in [3.8, 4) is 5.75 Å². The number of aromatic nitrogens is 2. The molecule has 0 saturated carbocycles. The Bertz CT molecular complexity index is 920. The quantitative estimate of drug-likeness (QED) is 0.723. The topological polar surface area (TPSA) is 70.2 Å². The first-order valence-corrected chi connectivity index (χ1v) is 8.12. The van der Waals surface area contributed by atoms with E-state index in [2.05, 4.69) is 20.2 Å². The summed E-state index contributed by atoms with van der Waals surface area (Å²) in [7, 11) is 5.69. The van der Waals surface area contributed by atoms with Crippen LogP contribution in [-0.4, -0.2) is 42.6 Å².